The van der Waals surface area contributed by atoms with Gasteiger partial charge in [0.1, 0.15) is 0 Å². The van der Waals surface area contributed by atoms with Gasteiger partial charge in [0.05, 0.1) is 12.3 Å². The molecule has 136 valence electrons. The first-order chi connectivity index (χ1) is 13.0. The van der Waals surface area contributed by atoms with E-state index in [1.807, 2.05) is 56.3 Å². The highest BCUT2D eigenvalue weighted by atomic mass is 16.1. The van der Waals surface area contributed by atoms with Gasteiger partial charge in [-0.1, -0.05) is 60.7 Å². The molecule has 2 N–H and O–H groups in total. The zero-order valence-corrected chi connectivity index (χ0v) is 15.6. The number of hydrazone groups is 1. The molecule has 3 rings (SSSR count). The number of hydrogen-bond acceptors (Lipinski definition) is 3. The Balaban J connectivity index is 1.56. The van der Waals surface area contributed by atoms with E-state index in [1.165, 1.54) is 10.8 Å². The van der Waals surface area contributed by atoms with E-state index in [2.05, 4.69) is 46.7 Å². The summed E-state index contributed by atoms with van der Waals surface area (Å²) in [6, 6.07) is 21.9. The fourth-order valence-electron chi connectivity index (χ4n) is 2.68. The summed E-state index contributed by atoms with van der Waals surface area (Å²) in [4.78, 5) is 12.1. The highest BCUT2D eigenvalue weighted by molar-refractivity contribution is 6.01. The van der Waals surface area contributed by atoms with Gasteiger partial charge >= 0.3 is 0 Å². The maximum atomic E-state index is 12.1. The summed E-state index contributed by atoms with van der Waals surface area (Å²) in [7, 11) is 0. The van der Waals surface area contributed by atoms with Crippen LogP contribution in [0, 0.1) is 6.92 Å². The minimum Gasteiger partial charge on any atom is -0.346 e. The molecule has 1 amide bonds. The van der Waals surface area contributed by atoms with E-state index < -0.39 is 0 Å². The van der Waals surface area contributed by atoms with E-state index in [0.717, 1.165) is 16.8 Å². The predicted octanol–water partition coefficient (Wildman–Crippen LogP) is 4.41. The maximum Gasteiger partial charge on any atom is 0.251 e. The van der Waals surface area contributed by atoms with Gasteiger partial charge in [-0.25, -0.2) is 0 Å². The molecule has 0 aliphatic heterocycles. The molecule has 3 aromatic carbocycles. The third kappa shape index (κ3) is 4.82. The Morgan fingerprint density at radius 3 is 2.37 bits per heavy atom. The minimum atomic E-state index is -0.131. The maximum absolute atomic E-state index is 12.1. The number of fused-ring (bicyclic) bond motifs is 1. The quantitative estimate of drug-likeness (QED) is 0.507. The molecule has 4 heteroatoms. The number of hydrogen-bond donors (Lipinski definition) is 2. The number of nitrogens with zero attached hydrogens (tertiary/aromatic N) is 1. The summed E-state index contributed by atoms with van der Waals surface area (Å²) in [5.74, 6) is -0.131. The zero-order valence-electron chi connectivity index (χ0n) is 15.6. The lowest BCUT2D eigenvalue weighted by atomic mass is 10.0. The van der Waals surface area contributed by atoms with Gasteiger partial charge in [0.25, 0.3) is 5.91 Å². The molecule has 0 aromatic heterocycles. The smallest absolute Gasteiger partial charge is 0.251 e. The molecule has 0 saturated carbocycles. The first-order valence-electron chi connectivity index (χ1n) is 8.85. The average molecular weight is 357 g/mol. The molecule has 27 heavy (non-hydrogen) atoms. The SMILES string of the molecule is C=C(CNC(=O)c1ccc(C)cc1)N/N=C(\C)c1ccc2ccccc2c1. The summed E-state index contributed by atoms with van der Waals surface area (Å²) in [6.07, 6.45) is 0. The van der Waals surface area contributed by atoms with E-state index in [-0.39, 0.29) is 5.91 Å². The zero-order chi connectivity index (χ0) is 19.2. The molecule has 0 heterocycles. The van der Waals surface area contributed by atoms with Gasteiger partial charge in [0.2, 0.25) is 0 Å². The third-order valence-electron chi connectivity index (χ3n) is 4.33. The van der Waals surface area contributed by atoms with Crippen LogP contribution in [0.3, 0.4) is 0 Å². The molecule has 4 nitrogen and oxygen atoms in total. The number of carbonyl (C=O) groups excluding carboxylic acids is 1. The summed E-state index contributed by atoms with van der Waals surface area (Å²) in [6.45, 7) is 8.15. The van der Waals surface area contributed by atoms with E-state index in [1.54, 1.807) is 0 Å². The van der Waals surface area contributed by atoms with Crippen LogP contribution in [0.5, 0.6) is 0 Å². The van der Waals surface area contributed by atoms with Gasteiger partial charge in [0.15, 0.2) is 0 Å². The molecule has 0 bridgehead atoms. The molecule has 0 fully saturated rings. The number of benzene rings is 3. The summed E-state index contributed by atoms with van der Waals surface area (Å²) >= 11 is 0. The topological polar surface area (TPSA) is 53.5 Å². The van der Waals surface area contributed by atoms with Crippen LogP contribution in [-0.2, 0) is 0 Å². The van der Waals surface area contributed by atoms with Gasteiger partial charge in [-0.2, -0.15) is 5.10 Å². The van der Waals surface area contributed by atoms with Crippen LogP contribution in [0.4, 0.5) is 0 Å². The van der Waals surface area contributed by atoms with Crippen molar-refractivity contribution >= 4 is 22.4 Å². The van der Waals surface area contributed by atoms with Crippen molar-refractivity contribution in [2.24, 2.45) is 5.10 Å². The van der Waals surface area contributed by atoms with E-state index in [9.17, 15) is 4.79 Å². The van der Waals surface area contributed by atoms with Crippen molar-refractivity contribution in [3.05, 3.63) is 95.7 Å². The Bertz CT molecular complexity index is 1000. The molecule has 0 unspecified atom stereocenters. The lowest BCUT2D eigenvalue weighted by molar-refractivity contribution is 0.0956. The highest BCUT2D eigenvalue weighted by Gasteiger charge is 2.05. The van der Waals surface area contributed by atoms with Crippen LogP contribution in [0.1, 0.15) is 28.4 Å². The largest absolute Gasteiger partial charge is 0.346 e. The lowest BCUT2D eigenvalue weighted by Crippen LogP contribution is -2.28. The second-order valence-corrected chi connectivity index (χ2v) is 6.52. The third-order valence-corrected chi connectivity index (χ3v) is 4.33. The van der Waals surface area contributed by atoms with Crippen molar-refractivity contribution in [1.29, 1.82) is 0 Å². The molecule has 0 spiro atoms. The van der Waals surface area contributed by atoms with Crippen molar-refractivity contribution in [2.45, 2.75) is 13.8 Å². The highest BCUT2D eigenvalue weighted by Crippen LogP contribution is 2.16. The first-order valence-corrected chi connectivity index (χ1v) is 8.85. The Labute approximate surface area is 159 Å². The molecule has 3 aromatic rings. The van der Waals surface area contributed by atoms with Crippen molar-refractivity contribution < 1.29 is 4.79 Å². The van der Waals surface area contributed by atoms with Crippen LogP contribution in [0.2, 0.25) is 0 Å². The first kappa shape index (κ1) is 18.4. The monoisotopic (exact) mass is 357 g/mol. The van der Waals surface area contributed by atoms with Crippen LogP contribution in [0.15, 0.2) is 84.1 Å². The fourth-order valence-corrected chi connectivity index (χ4v) is 2.68. The van der Waals surface area contributed by atoms with Crippen LogP contribution >= 0.6 is 0 Å². The average Bonchev–Trinajstić information content (AvgIpc) is 2.70. The Morgan fingerprint density at radius 2 is 1.63 bits per heavy atom. The molecule has 0 atom stereocenters. The molecular formula is C23H23N3O. The van der Waals surface area contributed by atoms with Crippen LogP contribution in [0.25, 0.3) is 10.8 Å². The van der Waals surface area contributed by atoms with E-state index >= 15 is 0 Å². The summed E-state index contributed by atoms with van der Waals surface area (Å²) < 4.78 is 0. The lowest BCUT2D eigenvalue weighted by Gasteiger charge is -2.09. The second-order valence-electron chi connectivity index (χ2n) is 6.52. The van der Waals surface area contributed by atoms with Crippen LogP contribution in [-0.4, -0.2) is 18.2 Å². The van der Waals surface area contributed by atoms with Crippen molar-refractivity contribution in [2.75, 3.05) is 6.54 Å². The number of carbonyl (C=O) groups is 1. The van der Waals surface area contributed by atoms with Gasteiger partial charge in [0, 0.05) is 11.3 Å². The van der Waals surface area contributed by atoms with E-state index in [0.29, 0.717) is 17.8 Å². The fraction of sp³-hybridized carbons (Fsp3) is 0.130. The number of amides is 1. The Morgan fingerprint density at radius 1 is 0.963 bits per heavy atom. The number of rotatable bonds is 6. The normalized spacial score (nSPS) is 11.3. The van der Waals surface area contributed by atoms with Crippen molar-refractivity contribution in [1.82, 2.24) is 10.7 Å². The second kappa shape index (κ2) is 8.32. The Hall–Kier alpha value is -3.40. The molecule has 0 aliphatic carbocycles. The van der Waals surface area contributed by atoms with Gasteiger partial charge in [-0.05, 0) is 48.4 Å². The van der Waals surface area contributed by atoms with E-state index in [4.69, 9.17) is 0 Å². The standard InChI is InChI=1S/C23H23N3O/c1-16-8-10-20(11-9-16)23(27)24-15-17(2)25-26-18(3)21-13-12-19-6-4-5-7-22(19)14-21/h4-14,25H,2,15H2,1,3H3,(H,24,27)/b26-18+. The summed E-state index contributed by atoms with van der Waals surface area (Å²) in [5.41, 5.74) is 7.19. The van der Waals surface area contributed by atoms with Crippen LogP contribution < -0.4 is 10.7 Å². The predicted molar refractivity (Wildman–Crippen MR) is 112 cm³/mol. The van der Waals surface area contributed by atoms with Gasteiger partial charge in [-0.3, -0.25) is 10.2 Å². The number of aryl methyl sites for hydroxylation is 1. The van der Waals surface area contributed by atoms with Gasteiger partial charge in [-0.15, -0.1) is 0 Å². The van der Waals surface area contributed by atoms with Gasteiger partial charge < -0.3 is 5.32 Å². The van der Waals surface area contributed by atoms with Crippen molar-refractivity contribution in [3.63, 3.8) is 0 Å². The Kier molecular flexibility index (Phi) is 5.67. The van der Waals surface area contributed by atoms with Crippen molar-refractivity contribution in [3.8, 4) is 0 Å². The molecule has 0 saturated heterocycles. The molecular weight excluding hydrogens is 334 g/mol. The minimum absolute atomic E-state index is 0.131. The molecule has 0 radical (unpaired) electrons. The summed E-state index contributed by atoms with van der Waals surface area (Å²) in [5, 5.41) is 9.59. The molecule has 0 aliphatic rings. The number of nitrogens with one attached hydrogen (secondary N) is 2.